The molecule has 1 aliphatic heterocycles. The molecule has 3 aromatic rings. The smallest absolute Gasteiger partial charge is 0.395 e. The molecule has 0 bridgehead atoms. The van der Waals surface area contributed by atoms with Crippen molar-refractivity contribution in [1.82, 2.24) is 10.6 Å². The Labute approximate surface area is 204 Å². The summed E-state index contributed by atoms with van der Waals surface area (Å²) in [5.74, 6) is -0.570. The van der Waals surface area contributed by atoms with Gasteiger partial charge < -0.3 is 14.8 Å². The second-order valence-electron chi connectivity index (χ2n) is 8.28. The summed E-state index contributed by atoms with van der Waals surface area (Å²) >= 11 is 0. The molecule has 0 saturated heterocycles. The molecule has 36 heavy (non-hydrogen) atoms. The number of hydrogen-bond acceptors (Lipinski definition) is 4. The highest BCUT2D eigenvalue weighted by Crippen LogP contribution is 2.42. The number of nitrogens with one attached hydrogen (secondary N) is 2. The van der Waals surface area contributed by atoms with Crippen LogP contribution in [0, 0.1) is 0 Å². The van der Waals surface area contributed by atoms with E-state index >= 15 is 0 Å². The van der Waals surface area contributed by atoms with Crippen LogP contribution in [0.4, 0.5) is 22.0 Å². The van der Waals surface area contributed by atoms with Gasteiger partial charge >= 0.3 is 12.5 Å². The van der Waals surface area contributed by atoms with Gasteiger partial charge in [0.25, 0.3) is 0 Å². The van der Waals surface area contributed by atoms with Gasteiger partial charge in [-0.25, -0.2) is 0 Å². The monoisotopic (exact) mass is 506 g/mol. The molecule has 0 radical (unpaired) electrons. The summed E-state index contributed by atoms with van der Waals surface area (Å²) < 4.78 is 74.9. The summed E-state index contributed by atoms with van der Waals surface area (Å²) in [4.78, 5) is 12.7. The van der Waals surface area contributed by atoms with Gasteiger partial charge in [-0.3, -0.25) is 10.1 Å². The number of rotatable bonds is 8. The van der Waals surface area contributed by atoms with Crippen LogP contribution in [0.15, 0.2) is 72.8 Å². The third-order valence-corrected chi connectivity index (χ3v) is 5.84. The van der Waals surface area contributed by atoms with Crippen molar-refractivity contribution in [2.45, 2.75) is 37.4 Å². The molecule has 2 N–H and O–H groups in total. The first-order valence-electron chi connectivity index (χ1n) is 11.1. The number of amides is 1. The van der Waals surface area contributed by atoms with Crippen molar-refractivity contribution in [1.29, 1.82) is 0 Å². The van der Waals surface area contributed by atoms with E-state index in [0.717, 1.165) is 12.1 Å². The van der Waals surface area contributed by atoms with Gasteiger partial charge in [0.1, 0.15) is 6.04 Å². The average Bonchev–Trinajstić information content (AvgIpc) is 3.17. The Morgan fingerprint density at radius 2 is 1.58 bits per heavy atom. The molecule has 2 unspecified atom stereocenters. The molecule has 4 rings (SSSR count). The van der Waals surface area contributed by atoms with Gasteiger partial charge in [-0.05, 0) is 53.8 Å². The molecule has 1 heterocycles. The predicted molar refractivity (Wildman–Crippen MR) is 122 cm³/mol. The van der Waals surface area contributed by atoms with Crippen LogP contribution < -0.4 is 20.1 Å². The number of carbonyl (C=O) groups excluding carboxylic acids is 1. The lowest BCUT2D eigenvalue weighted by molar-refractivity contribution is -0.286. The van der Waals surface area contributed by atoms with Crippen LogP contribution in [0.2, 0.25) is 0 Å². The van der Waals surface area contributed by atoms with Crippen LogP contribution in [-0.4, -0.2) is 19.2 Å². The van der Waals surface area contributed by atoms with E-state index in [1.807, 2.05) is 6.07 Å². The average molecular weight is 506 g/mol. The Morgan fingerprint density at radius 3 is 2.22 bits per heavy atom. The van der Waals surface area contributed by atoms with Crippen LogP contribution in [-0.2, 0) is 17.4 Å². The predicted octanol–water partition coefficient (Wildman–Crippen LogP) is 5.78. The lowest BCUT2D eigenvalue weighted by Gasteiger charge is -2.26. The number of ether oxygens (including phenoxy) is 2. The zero-order valence-corrected chi connectivity index (χ0v) is 19.1. The number of benzene rings is 3. The normalized spacial score (nSPS) is 15.8. The summed E-state index contributed by atoms with van der Waals surface area (Å²) in [5, 5.41) is 5.89. The SMILES string of the molecule is CNC(=O)C(NC(CCc1ccc(C(F)(F)F)cc1)c1ccc2c(c1)OC(F)(F)O2)c1ccccc1. The van der Waals surface area contributed by atoms with E-state index in [9.17, 15) is 26.7 Å². The van der Waals surface area contributed by atoms with Crippen LogP contribution in [0.3, 0.4) is 0 Å². The van der Waals surface area contributed by atoms with Crippen molar-refractivity contribution in [3.63, 3.8) is 0 Å². The van der Waals surface area contributed by atoms with Crippen LogP contribution in [0.1, 0.15) is 40.8 Å². The minimum absolute atomic E-state index is 0.115. The van der Waals surface area contributed by atoms with Crippen molar-refractivity contribution < 1.29 is 36.2 Å². The van der Waals surface area contributed by atoms with E-state index in [1.165, 1.54) is 31.3 Å². The largest absolute Gasteiger partial charge is 0.586 e. The molecule has 5 nitrogen and oxygen atoms in total. The molecule has 2 atom stereocenters. The standard InChI is InChI=1S/C26H23F5N2O3/c1-32-24(34)23(17-5-3-2-4-6-17)33-20(13-9-16-7-11-19(12-8-16)25(27,28)29)18-10-14-21-22(15-18)36-26(30,31)35-21/h2-8,10-12,14-15,20,23,33H,9,13H2,1H3,(H,32,34). The molecule has 190 valence electrons. The third-order valence-electron chi connectivity index (χ3n) is 5.84. The highest BCUT2D eigenvalue weighted by Gasteiger charge is 2.43. The fraction of sp³-hybridized carbons (Fsp3) is 0.269. The lowest BCUT2D eigenvalue weighted by Crippen LogP contribution is -2.38. The summed E-state index contributed by atoms with van der Waals surface area (Å²) in [7, 11) is 1.50. The van der Waals surface area contributed by atoms with Gasteiger partial charge in [0, 0.05) is 13.1 Å². The highest BCUT2D eigenvalue weighted by atomic mass is 19.4. The molecule has 0 aliphatic carbocycles. The zero-order chi connectivity index (χ0) is 25.9. The maximum absolute atomic E-state index is 13.5. The Hall–Kier alpha value is -3.66. The molecule has 0 aromatic heterocycles. The molecule has 1 aliphatic rings. The number of aryl methyl sites for hydroxylation is 1. The summed E-state index contributed by atoms with van der Waals surface area (Å²) in [6.45, 7) is 0. The number of halogens is 5. The molecule has 1 amide bonds. The molecule has 0 saturated carbocycles. The Kier molecular flexibility index (Phi) is 7.16. The van der Waals surface area contributed by atoms with E-state index in [2.05, 4.69) is 20.1 Å². The van der Waals surface area contributed by atoms with Crippen molar-refractivity contribution in [2.24, 2.45) is 0 Å². The third kappa shape index (κ3) is 5.93. The van der Waals surface area contributed by atoms with Crippen LogP contribution in [0.25, 0.3) is 0 Å². The second-order valence-corrected chi connectivity index (χ2v) is 8.28. The quantitative estimate of drug-likeness (QED) is 0.381. The molecule has 0 spiro atoms. The van der Waals surface area contributed by atoms with E-state index in [-0.39, 0.29) is 17.4 Å². The van der Waals surface area contributed by atoms with Crippen molar-refractivity contribution in [3.8, 4) is 11.5 Å². The number of carbonyl (C=O) groups is 1. The topological polar surface area (TPSA) is 59.6 Å². The van der Waals surface area contributed by atoms with Crippen molar-refractivity contribution in [3.05, 3.63) is 95.1 Å². The van der Waals surface area contributed by atoms with Gasteiger partial charge in [-0.1, -0.05) is 48.5 Å². The molecule has 0 fully saturated rings. The lowest BCUT2D eigenvalue weighted by atomic mass is 9.95. The second kappa shape index (κ2) is 10.1. The fourth-order valence-corrected chi connectivity index (χ4v) is 4.01. The van der Waals surface area contributed by atoms with E-state index in [4.69, 9.17) is 0 Å². The summed E-state index contributed by atoms with van der Waals surface area (Å²) in [6, 6.07) is 16.8. The Bertz CT molecular complexity index is 1200. The number of alkyl halides is 5. The Morgan fingerprint density at radius 1 is 0.917 bits per heavy atom. The molecular formula is C26H23F5N2O3. The minimum Gasteiger partial charge on any atom is -0.395 e. The minimum atomic E-state index is -4.44. The summed E-state index contributed by atoms with van der Waals surface area (Å²) in [6.07, 6.45) is -7.51. The van der Waals surface area contributed by atoms with Gasteiger partial charge in [0.15, 0.2) is 11.5 Å². The maximum Gasteiger partial charge on any atom is 0.586 e. The van der Waals surface area contributed by atoms with Crippen molar-refractivity contribution >= 4 is 5.91 Å². The van der Waals surface area contributed by atoms with Gasteiger partial charge in [0.05, 0.1) is 5.56 Å². The summed E-state index contributed by atoms with van der Waals surface area (Å²) in [5.41, 5.74) is 1.13. The van der Waals surface area contributed by atoms with Crippen LogP contribution >= 0.6 is 0 Å². The first-order chi connectivity index (χ1) is 17.1. The Balaban J connectivity index is 1.62. The van der Waals surface area contributed by atoms with Gasteiger partial charge in [-0.2, -0.15) is 13.2 Å². The fourth-order valence-electron chi connectivity index (χ4n) is 4.01. The van der Waals surface area contributed by atoms with E-state index < -0.39 is 30.1 Å². The van der Waals surface area contributed by atoms with Gasteiger partial charge in [0.2, 0.25) is 5.91 Å². The maximum atomic E-state index is 13.5. The highest BCUT2D eigenvalue weighted by molar-refractivity contribution is 5.83. The van der Waals surface area contributed by atoms with Crippen molar-refractivity contribution in [2.75, 3.05) is 7.05 Å². The van der Waals surface area contributed by atoms with E-state index in [0.29, 0.717) is 29.5 Å². The zero-order valence-electron chi connectivity index (χ0n) is 19.1. The first kappa shape index (κ1) is 25.4. The van der Waals surface area contributed by atoms with Gasteiger partial charge in [-0.15, -0.1) is 8.78 Å². The first-order valence-corrected chi connectivity index (χ1v) is 11.1. The van der Waals surface area contributed by atoms with Crippen LogP contribution in [0.5, 0.6) is 11.5 Å². The number of likely N-dealkylation sites (N-methyl/N-ethyl adjacent to an activating group) is 1. The molecular weight excluding hydrogens is 483 g/mol. The number of fused-ring (bicyclic) bond motifs is 1. The number of hydrogen-bond donors (Lipinski definition) is 2. The molecule has 3 aromatic carbocycles. The molecule has 10 heteroatoms. The van der Waals surface area contributed by atoms with E-state index in [1.54, 1.807) is 30.3 Å².